The Morgan fingerprint density at radius 1 is 0.889 bits per heavy atom. The van der Waals surface area contributed by atoms with E-state index in [-0.39, 0.29) is 0 Å². The van der Waals surface area contributed by atoms with E-state index in [1.807, 2.05) is 26.0 Å². The van der Waals surface area contributed by atoms with Crippen LogP contribution in [0.4, 0.5) is 5.69 Å². The average molecular weight is 255 g/mol. The molecule has 0 amide bonds. The normalized spacial score (nSPS) is 10.1. The molecule has 0 N–H and O–H groups in total. The molecule has 2 aromatic rings. The zero-order valence-electron chi connectivity index (χ0n) is 10.8. The van der Waals surface area contributed by atoms with E-state index in [2.05, 4.69) is 36.2 Å². The Labute approximate surface area is 112 Å². The number of benzene rings is 2. The summed E-state index contributed by atoms with van der Waals surface area (Å²) in [6.45, 7) is 6.10. The van der Waals surface area contributed by atoms with Gasteiger partial charge < -0.3 is 0 Å². The van der Waals surface area contributed by atoms with E-state index in [1.165, 1.54) is 15.4 Å². The van der Waals surface area contributed by atoms with Crippen LogP contribution in [0.2, 0.25) is 0 Å². The molecule has 0 saturated heterocycles. The molecular weight excluding hydrogens is 240 g/mol. The Bertz CT molecular complexity index is 627. The highest BCUT2D eigenvalue weighted by Crippen LogP contribution is 2.35. The fourth-order valence-corrected chi connectivity index (χ4v) is 2.85. The highest BCUT2D eigenvalue weighted by molar-refractivity contribution is 7.99. The molecule has 0 aliphatic rings. The summed E-state index contributed by atoms with van der Waals surface area (Å²) < 4.78 is 0. The van der Waals surface area contributed by atoms with Crippen molar-refractivity contribution in [3.63, 3.8) is 0 Å². The summed E-state index contributed by atoms with van der Waals surface area (Å²) in [5, 5.41) is 8.89. The first-order valence-corrected chi connectivity index (χ1v) is 6.63. The van der Waals surface area contributed by atoms with Gasteiger partial charge in [-0.2, -0.15) is 0 Å². The Hall–Kier alpha value is -1.79. The molecule has 2 nitrogen and oxygen atoms in total. The van der Waals surface area contributed by atoms with Crippen molar-refractivity contribution in [3.8, 4) is 0 Å². The number of aryl methyl sites for hydroxylation is 3. The lowest BCUT2D eigenvalue weighted by atomic mass is 10.1. The topological polar surface area (TPSA) is 28.1 Å². The summed E-state index contributed by atoms with van der Waals surface area (Å²) in [4.78, 5) is 5.75. The van der Waals surface area contributed by atoms with E-state index < -0.39 is 0 Å². The highest BCUT2D eigenvalue weighted by Gasteiger charge is 2.14. The molecule has 0 heterocycles. The molecule has 0 bridgehead atoms. The van der Waals surface area contributed by atoms with Crippen molar-refractivity contribution >= 4 is 17.4 Å². The van der Waals surface area contributed by atoms with Crippen LogP contribution in [0, 0.1) is 26.2 Å². The van der Waals surface area contributed by atoms with Crippen molar-refractivity contribution in [1.82, 2.24) is 0 Å². The predicted octanol–water partition coefficient (Wildman–Crippen LogP) is 5.25. The zero-order chi connectivity index (χ0) is 13.1. The number of nitrogens with zero attached hydrogens (tertiary/aromatic N) is 2. The van der Waals surface area contributed by atoms with Crippen molar-refractivity contribution in [2.24, 2.45) is 0 Å². The maximum Gasteiger partial charge on any atom is 0.388 e. The van der Waals surface area contributed by atoms with Crippen molar-refractivity contribution in [3.05, 3.63) is 58.1 Å². The highest BCUT2D eigenvalue weighted by atomic mass is 32.2. The molecule has 0 fully saturated rings. The zero-order valence-corrected chi connectivity index (χ0v) is 11.6. The quantitative estimate of drug-likeness (QED) is 0.686. The predicted molar refractivity (Wildman–Crippen MR) is 76.0 cm³/mol. The van der Waals surface area contributed by atoms with Gasteiger partial charge in [-0.1, -0.05) is 30.0 Å². The molecule has 0 aliphatic heterocycles. The van der Waals surface area contributed by atoms with Crippen LogP contribution < -0.4 is 0 Å². The molecule has 0 unspecified atom stereocenters. The second-order valence-corrected chi connectivity index (χ2v) is 5.46. The molecule has 2 rings (SSSR count). The molecule has 0 saturated carbocycles. The molecular formula is C15H15N2S+. The monoisotopic (exact) mass is 255 g/mol. The van der Waals surface area contributed by atoms with Crippen LogP contribution in [0.5, 0.6) is 0 Å². The Balaban J connectivity index is 2.39. The van der Waals surface area contributed by atoms with Crippen LogP contribution in [0.15, 0.2) is 46.2 Å². The van der Waals surface area contributed by atoms with Gasteiger partial charge in [-0.15, -0.1) is 0 Å². The van der Waals surface area contributed by atoms with E-state index in [0.29, 0.717) is 5.69 Å². The largest absolute Gasteiger partial charge is 0.388 e. The lowest BCUT2D eigenvalue weighted by Crippen LogP contribution is -1.84. The van der Waals surface area contributed by atoms with Gasteiger partial charge >= 0.3 is 5.69 Å². The van der Waals surface area contributed by atoms with Crippen LogP contribution in [0.25, 0.3) is 4.98 Å². The SMILES string of the molecule is Cc1cc(Sc2ccccc2C)c(C)cc1[N+]#N. The summed E-state index contributed by atoms with van der Waals surface area (Å²) in [5.41, 5.74) is 4.03. The molecule has 0 atom stereocenters. The van der Waals surface area contributed by atoms with Gasteiger partial charge in [0.1, 0.15) is 0 Å². The van der Waals surface area contributed by atoms with Gasteiger partial charge in [0.15, 0.2) is 4.98 Å². The van der Waals surface area contributed by atoms with E-state index in [9.17, 15) is 0 Å². The second kappa shape index (κ2) is 5.24. The Kier molecular flexibility index (Phi) is 3.69. The van der Waals surface area contributed by atoms with Gasteiger partial charge in [0.2, 0.25) is 5.39 Å². The van der Waals surface area contributed by atoms with Gasteiger partial charge in [0.05, 0.1) is 0 Å². The van der Waals surface area contributed by atoms with Gasteiger partial charge in [0.25, 0.3) is 0 Å². The number of hydrogen-bond donors (Lipinski definition) is 0. The summed E-state index contributed by atoms with van der Waals surface area (Å²) >= 11 is 1.75. The maximum absolute atomic E-state index is 8.89. The van der Waals surface area contributed by atoms with Crippen LogP contribution in [-0.4, -0.2) is 0 Å². The minimum Gasteiger partial charge on any atom is -0.0895 e. The Morgan fingerprint density at radius 3 is 2.28 bits per heavy atom. The third kappa shape index (κ3) is 2.55. The third-order valence-corrected chi connectivity index (χ3v) is 4.25. The van der Waals surface area contributed by atoms with Crippen molar-refractivity contribution in [2.75, 3.05) is 0 Å². The first kappa shape index (κ1) is 12.7. The van der Waals surface area contributed by atoms with Crippen molar-refractivity contribution in [1.29, 1.82) is 5.39 Å². The Morgan fingerprint density at radius 2 is 1.61 bits per heavy atom. The van der Waals surface area contributed by atoms with Gasteiger partial charge in [-0.3, -0.25) is 0 Å². The number of rotatable bonds is 2. The number of diazo groups is 1. The van der Waals surface area contributed by atoms with Crippen LogP contribution in [-0.2, 0) is 0 Å². The van der Waals surface area contributed by atoms with Crippen LogP contribution in [0.1, 0.15) is 16.7 Å². The van der Waals surface area contributed by atoms with Crippen LogP contribution in [0.3, 0.4) is 0 Å². The second-order valence-electron chi connectivity index (χ2n) is 4.37. The van der Waals surface area contributed by atoms with Gasteiger partial charge in [0, 0.05) is 21.4 Å². The molecule has 0 aromatic heterocycles. The van der Waals surface area contributed by atoms with Crippen molar-refractivity contribution in [2.45, 2.75) is 30.6 Å². The minimum absolute atomic E-state index is 0.640. The lowest BCUT2D eigenvalue weighted by molar-refractivity contribution is 1.24. The number of hydrogen-bond acceptors (Lipinski definition) is 2. The summed E-state index contributed by atoms with van der Waals surface area (Å²) in [6, 6.07) is 12.3. The van der Waals surface area contributed by atoms with E-state index >= 15 is 0 Å². The van der Waals surface area contributed by atoms with Crippen LogP contribution >= 0.6 is 11.8 Å². The van der Waals surface area contributed by atoms with Gasteiger partial charge in [-0.05, 0) is 44.0 Å². The van der Waals surface area contributed by atoms with Gasteiger partial charge in [-0.25, -0.2) is 0 Å². The molecule has 18 heavy (non-hydrogen) atoms. The molecule has 90 valence electrons. The molecule has 0 aliphatic carbocycles. The fraction of sp³-hybridized carbons (Fsp3) is 0.200. The van der Waals surface area contributed by atoms with E-state index in [4.69, 9.17) is 5.39 Å². The maximum atomic E-state index is 8.89. The third-order valence-electron chi connectivity index (χ3n) is 2.91. The molecule has 3 heteroatoms. The molecule has 0 spiro atoms. The fourth-order valence-electron chi connectivity index (χ4n) is 1.78. The summed E-state index contributed by atoms with van der Waals surface area (Å²) in [5.74, 6) is 0. The lowest BCUT2D eigenvalue weighted by Gasteiger charge is -2.07. The minimum atomic E-state index is 0.640. The van der Waals surface area contributed by atoms with Crippen molar-refractivity contribution < 1.29 is 0 Å². The van der Waals surface area contributed by atoms with E-state index in [1.54, 1.807) is 11.8 Å². The standard InChI is InChI=1S/C15H15N2S/c1-10-6-4-5-7-14(10)18-15-9-11(2)13(17-16)8-12(15)3/h4-9H,1-3H3/q+1. The molecule has 0 radical (unpaired) electrons. The summed E-state index contributed by atoms with van der Waals surface area (Å²) in [7, 11) is 0. The first-order chi connectivity index (χ1) is 8.61. The smallest absolute Gasteiger partial charge is 0.0895 e. The first-order valence-electron chi connectivity index (χ1n) is 5.81. The molecule has 2 aromatic carbocycles. The van der Waals surface area contributed by atoms with E-state index in [0.717, 1.165) is 11.1 Å². The average Bonchev–Trinajstić information content (AvgIpc) is 2.36. The summed E-state index contributed by atoms with van der Waals surface area (Å²) in [6.07, 6.45) is 0.